The van der Waals surface area contributed by atoms with Gasteiger partial charge in [-0.05, 0) is 62.3 Å². The van der Waals surface area contributed by atoms with Gasteiger partial charge in [-0.1, -0.05) is 37.6 Å². The topological polar surface area (TPSA) is 21.3 Å². The van der Waals surface area contributed by atoms with E-state index in [2.05, 4.69) is 49.5 Å². The van der Waals surface area contributed by atoms with Crippen molar-refractivity contribution in [2.75, 3.05) is 13.2 Å². The summed E-state index contributed by atoms with van der Waals surface area (Å²) in [6.45, 7) is 7.28. The molecule has 0 heterocycles. The lowest BCUT2D eigenvalue weighted by atomic mass is 10.1. The van der Waals surface area contributed by atoms with Gasteiger partial charge in [-0.25, -0.2) is 0 Å². The minimum Gasteiger partial charge on any atom is -0.494 e. The standard InChI is InChI=1S/C19H29NO/c1-16(2)12-14-21-19-9-7-18(8-10-19)15-20-13-11-17-5-3-4-6-17/h5,7-10,16,20H,3-4,6,11-15H2,1-2H3. The predicted molar refractivity (Wildman–Crippen MR) is 89.6 cm³/mol. The number of nitrogens with one attached hydrogen (secondary N) is 1. The van der Waals surface area contributed by atoms with Gasteiger partial charge in [0.15, 0.2) is 0 Å². The van der Waals surface area contributed by atoms with E-state index in [9.17, 15) is 0 Å². The van der Waals surface area contributed by atoms with Crippen LogP contribution >= 0.6 is 0 Å². The Labute approximate surface area is 129 Å². The van der Waals surface area contributed by atoms with Crippen LogP contribution in [0.25, 0.3) is 0 Å². The quantitative estimate of drug-likeness (QED) is 0.525. The number of benzene rings is 1. The van der Waals surface area contributed by atoms with Gasteiger partial charge in [-0.3, -0.25) is 0 Å². The molecule has 0 spiro atoms. The third-order valence-corrected chi connectivity index (χ3v) is 3.97. The summed E-state index contributed by atoms with van der Waals surface area (Å²) in [5.74, 6) is 1.68. The van der Waals surface area contributed by atoms with Crippen molar-refractivity contribution in [1.29, 1.82) is 0 Å². The van der Waals surface area contributed by atoms with Crippen LogP contribution in [0.4, 0.5) is 0 Å². The molecule has 1 aromatic rings. The molecule has 2 heteroatoms. The maximum atomic E-state index is 5.74. The van der Waals surface area contributed by atoms with E-state index in [0.29, 0.717) is 5.92 Å². The Bertz CT molecular complexity index is 433. The van der Waals surface area contributed by atoms with E-state index in [0.717, 1.165) is 31.9 Å². The third-order valence-electron chi connectivity index (χ3n) is 3.97. The second-order valence-electron chi connectivity index (χ2n) is 6.36. The summed E-state index contributed by atoms with van der Waals surface area (Å²) in [7, 11) is 0. The first-order chi connectivity index (χ1) is 10.2. The zero-order chi connectivity index (χ0) is 14.9. The average molecular weight is 287 g/mol. The molecule has 116 valence electrons. The maximum Gasteiger partial charge on any atom is 0.119 e. The van der Waals surface area contributed by atoms with Crippen LogP contribution in [0.3, 0.4) is 0 Å². The lowest BCUT2D eigenvalue weighted by molar-refractivity contribution is 0.289. The summed E-state index contributed by atoms with van der Waals surface area (Å²) in [5, 5.41) is 3.52. The van der Waals surface area contributed by atoms with Crippen molar-refractivity contribution in [3.8, 4) is 5.75 Å². The molecule has 0 bridgehead atoms. The summed E-state index contributed by atoms with van der Waals surface area (Å²) in [4.78, 5) is 0. The van der Waals surface area contributed by atoms with Gasteiger partial charge in [-0.15, -0.1) is 0 Å². The predicted octanol–water partition coefficient (Wildman–Crippen LogP) is 4.70. The Kier molecular flexibility index (Phi) is 6.81. The molecule has 0 atom stereocenters. The molecule has 21 heavy (non-hydrogen) atoms. The summed E-state index contributed by atoms with van der Waals surface area (Å²) in [6, 6.07) is 8.48. The van der Waals surface area contributed by atoms with Gasteiger partial charge in [0.2, 0.25) is 0 Å². The molecular formula is C19H29NO. The van der Waals surface area contributed by atoms with Crippen LogP contribution < -0.4 is 10.1 Å². The van der Waals surface area contributed by atoms with Gasteiger partial charge >= 0.3 is 0 Å². The summed E-state index contributed by atoms with van der Waals surface area (Å²) in [6.07, 6.45) is 8.67. The summed E-state index contributed by atoms with van der Waals surface area (Å²) < 4.78 is 5.74. The highest BCUT2D eigenvalue weighted by Gasteiger charge is 2.03. The minimum atomic E-state index is 0.698. The van der Waals surface area contributed by atoms with Crippen LogP contribution in [0.5, 0.6) is 5.75 Å². The normalized spacial score (nSPS) is 14.5. The van der Waals surface area contributed by atoms with Gasteiger partial charge in [0.25, 0.3) is 0 Å². The maximum absolute atomic E-state index is 5.74. The van der Waals surface area contributed by atoms with Crippen LogP contribution in [0, 0.1) is 5.92 Å². The van der Waals surface area contributed by atoms with E-state index in [-0.39, 0.29) is 0 Å². The zero-order valence-electron chi connectivity index (χ0n) is 13.5. The molecule has 0 amide bonds. The molecule has 0 aromatic heterocycles. The molecule has 1 aromatic carbocycles. The van der Waals surface area contributed by atoms with E-state index < -0.39 is 0 Å². The van der Waals surface area contributed by atoms with Gasteiger partial charge in [0.1, 0.15) is 5.75 Å². The van der Waals surface area contributed by atoms with Crippen molar-refractivity contribution in [1.82, 2.24) is 5.32 Å². The largest absolute Gasteiger partial charge is 0.494 e. The molecule has 0 unspecified atom stereocenters. The lowest BCUT2D eigenvalue weighted by Gasteiger charge is -2.09. The molecule has 1 aliphatic carbocycles. The van der Waals surface area contributed by atoms with Crippen LogP contribution in [0.1, 0.15) is 51.5 Å². The fourth-order valence-corrected chi connectivity index (χ4v) is 2.56. The van der Waals surface area contributed by atoms with E-state index in [1.54, 1.807) is 5.57 Å². The highest BCUT2D eigenvalue weighted by Crippen LogP contribution is 2.19. The zero-order valence-corrected chi connectivity index (χ0v) is 13.5. The first-order valence-corrected chi connectivity index (χ1v) is 8.34. The smallest absolute Gasteiger partial charge is 0.119 e. The Morgan fingerprint density at radius 3 is 2.67 bits per heavy atom. The van der Waals surface area contributed by atoms with E-state index in [1.165, 1.54) is 31.2 Å². The average Bonchev–Trinajstić information content (AvgIpc) is 2.98. The van der Waals surface area contributed by atoms with Crippen LogP contribution in [-0.4, -0.2) is 13.2 Å². The number of hydrogen-bond acceptors (Lipinski definition) is 2. The van der Waals surface area contributed by atoms with E-state index in [4.69, 9.17) is 4.74 Å². The Hall–Kier alpha value is -1.28. The molecule has 0 saturated heterocycles. The Morgan fingerprint density at radius 1 is 1.19 bits per heavy atom. The molecule has 0 saturated carbocycles. The number of allylic oxidation sites excluding steroid dienone is 1. The molecule has 1 aliphatic rings. The molecule has 2 nitrogen and oxygen atoms in total. The monoisotopic (exact) mass is 287 g/mol. The Morgan fingerprint density at radius 2 is 2.00 bits per heavy atom. The lowest BCUT2D eigenvalue weighted by Crippen LogP contribution is -2.15. The van der Waals surface area contributed by atoms with Crippen molar-refractivity contribution >= 4 is 0 Å². The third kappa shape index (κ3) is 6.34. The second kappa shape index (κ2) is 8.89. The highest BCUT2D eigenvalue weighted by molar-refractivity contribution is 5.27. The van der Waals surface area contributed by atoms with Gasteiger partial charge < -0.3 is 10.1 Å². The SMILES string of the molecule is CC(C)CCOc1ccc(CNCCC2=CCCC2)cc1. The minimum absolute atomic E-state index is 0.698. The number of hydrogen-bond donors (Lipinski definition) is 1. The van der Waals surface area contributed by atoms with Crippen molar-refractivity contribution in [2.24, 2.45) is 5.92 Å². The molecule has 0 fully saturated rings. The summed E-state index contributed by atoms with van der Waals surface area (Å²) in [5.41, 5.74) is 2.96. The van der Waals surface area contributed by atoms with Crippen LogP contribution in [0.15, 0.2) is 35.9 Å². The molecule has 0 aliphatic heterocycles. The molecular weight excluding hydrogens is 258 g/mol. The fraction of sp³-hybridized carbons (Fsp3) is 0.579. The van der Waals surface area contributed by atoms with Crippen molar-refractivity contribution in [3.63, 3.8) is 0 Å². The first kappa shape index (κ1) is 16.1. The van der Waals surface area contributed by atoms with Crippen LogP contribution in [-0.2, 0) is 6.54 Å². The van der Waals surface area contributed by atoms with E-state index >= 15 is 0 Å². The first-order valence-electron chi connectivity index (χ1n) is 8.34. The van der Waals surface area contributed by atoms with Crippen LogP contribution in [0.2, 0.25) is 0 Å². The number of rotatable bonds is 9. The number of ether oxygens (including phenoxy) is 1. The van der Waals surface area contributed by atoms with Gasteiger partial charge in [0.05, 0.1) is 6.61 Å². The Balaban J connectivity index is 1.62. The molecule has 1 N–H and O–H groups in total. The van der Waals surface area contributed by atoms with Gasteiger partial charge in [-0.2, -0.15) is 0 Å². The van der Waals surface area contributed by atoms with Gasteiger partial charge in [0, 0.05) is 6.54 Å². The van der Waals surface area contributed by atoms with Crippen molar-refractivity contribution in [2.45, 2.75) is 52.5 Å². The fourth-order valence-electron chi connectivity index (χ4n) is 2.56. The van der Waals surface area contributed by atoms with Crippen molar-refractivity contribution in [3.05, 3.63) is 41.5 Å². The summed E-state index contributed by atoms with van der Waals surface area (Å²) >= 11 is 0. The highest BCUT2D eigenvalue weighted by atomic mass is 16.5. The van der Waals surface area contributed by atoms with E-state index in [1.807, 2.05) is 0 Å². The molecule has 0 radical (unpaired) electrons. The molecule has 2 rings (SSSR count). The second-order valence-corrected chi connectivity index (χ2v) is 6.36. The van der Waals surface area contributed by atoms with Crippen molar-refractivity contribution < 1.29 is 4.74 Å².